The van der Waals surface area contributed by atoms with E-state index in [-0.39, 0.29) is 5.41 Å². The molecule has 26 heavy (non-hydrogen) atoms. The Balaban J connectivity index is 1.54. The summed E-state index contributed by atoms with van der Waals surface area (Å²) < 4.78 is 0. The van der Waals surface area contributed by atoms with Crippen LogP contribution in [0.5, 0.6) is 0 Å². The topological polar surface area (TPSA) is 54.4 Å². The van der Waals surface area contributed by atoms with Gasteiger partial charge in [0.1, 0.15) is 5.78 Å². The van der Waals surface area contributed by atoms with Crippen LogP contribution in [0.1, 0.15) is 90.9 Å². The van der Waals surface area contributed by atoms with Gasteiger partial charge in [-0.1, -0.05) is 26.7 Å². The van der Waals surface area contributed by atoms with Gasteiger partial charge in [-0.05, 0) is 85.9 Å². The lowest BCUT2D eigenvalue weighted by atomic mass is 9.44. The number of carbonyl (C=O) groups is 2. The molecular weight excluding hydrogens is 324 g/mol. The van der Waals surface area contributed by atoms with Crippen molar-refractivity contribution in [1.29, 1.82) is 0 Å². The number of carbonyl (C=O) groups excluding carboxylic acids is 1. The van der Waals surface area contributed by atoms with Crippen molar-refractivity contribution in [2.45, 2.75) is 90.9 Å². The van der Waals surface area contributed by atoms with Gasteiger partial charge in [0.15, 0.2) is 0 Å². The third-order valence-electron chi connectivity index (χ3n) is 9.53. The third-order valence-corrected chi connectivity index (χ3v) is 9.53. The second kappa shape index (κ2) is 6.63. The fourth-order valence-electron chi connectivity index (χ4n) is 8.04. The fraction of sp³-hybridized carbons (Fsp3) is 0.913. The van der Waals surface area contributed by atoms with Crippen molar-refractivity contribution in [3.8, 4) is 0 Å². The van der Waals surface area contributed by atoms with Crippen LogP contribution >= 0.6 is 0 Å². The van der Waals surface area contributed by atoms with E-state index in [4.69, 9.17) is 5.11 Å². The average Bonchev–Trinajstić information content (AvgIpc) is 2.92. The number of carboxylic acid groups (broad SMARTS) is 1. The van der Waals surface area contributed by atoms with E-state index >= 15 is 0 Å². The molecule has 3 nitrogen and oxygen atoms in total. The maximum Gasteiger partial charge on any atom is 0.303 e. The lowest BCUT2D eigenvalue weighted by Crippen LogP contribution is -2.56. The molecule has 0 bridgehead atoms. The van der Waals surface area contributed by atoms with Gasteiger partial charge in [-0.3, -0.25) is 9.59 Å². The molecule has 4 aliphatic rings. The molecule has 4 saturated carbocycles. The highest BCUT2D eigenvalue weighted by Crippen LogP contribution is 2.67. The summed E-state index contributed by atoms with van der Waals surface area (Å²) in [6.07, 6.45) is 13.1. The summed E-state index contributed by atoms with van der Waals surface area (Å²) in [5.74, 6) is 2.65. The van der Waals surface area contributed by atoms with Crippen molar-refractivity contribution in [3.63, 3.8) is 0 Å². The molecule has 0 radical (unpaired) electrons. The standard InChI is InChI=1S/C23H36O3/c1-22-12-4-3-6-16(22)14-19(24)21-17-10-9-15(7-5-8-20(25)26)23(17,2)13-11-18(21)22/h15-18,21H,3-14H2,1-2H3,(H,25,26)/t15?,16-,17?,18?,21?,22-,23+/m0/s1. The maximum absolute atomic E-state index is 13.2. The first-order chi connectivity index (χ1) is 12.4. The van der Waals surface area contributed by atoms with Gasteiger partial charge in [0.05, 0.1) is 0 Å². The molecule has 3 heteroatoms. The molecule has 0 aliphatic heterocycles. The van der Waals surface area contributed by atoms with Crippen LogP contribution in [-0.4, -0.2) is 16.9 Å². The van der Waals surface area contributed by atoms with Crippen LogP contribution in [0.25, 0.3) is 0 Å². The zero-order valence-corrected chi connectivity index (χ0v) is 16.6. The molecule has 4 unspecified atom stereocenters. The molecule has 0 amide bonds. The van der Waals surface area contributed by atoms with Gasteiger partial charge in [-0.25, -0.2) is 0 Å². The van der Waals surface area contributed by atoms with Crippen LogP contribution in [0.3, 0.4) is 0 Å². The molecule has 4 fully saturated rings. The molecule has 0 saturated heterocycles. The molecule has 7 atom stereocenters. The van der Waals surface area contributed by atoms with Gasteiger partial charge in [0.2, 0.25) is 0 Å². The van der Waals surface area contributed by atoms with E-state index in [2.05, 4.69) is 13.8 Å². The molecule has 0 aromatic heterocycles. The molecular formula is C23H36O3. The van der Waals surface area contributed by atoms with Crippen molar-refractivity contribution in [2.75, 3.05) is 0 Å². The van der Waals surface area contributed by atoms with E-state index in [9.17, 15) is 9.59 Å². The first-order valence-electron chi connectivity index (χ1n) is 11.1. The number of Topliss-reactive ketones (excluding diaryl/α,β-unsaturated/α-hetero) is 1. The van der Waals surface area contributed by atoms with Crippen molar-refractivity contribution in [3.05, 3.63) is 0 Å². The zero-order valence-electron chi connectivity index (χ0n) is 16.6. The molecule has 0 spiro atoms. The third kappa shape index (κ3) is 2.76. The van der Waals surface area contributed by atoms with E-state index in [1.807, 2.05) is 0 Å². The fourth-order valence-corrected chi connectivity index (χ4v) is 8.04. The number of rotatable bonds is 4. The first-order valence-corrected chi connectivity index (χ1v) is 11.1. The van der Waals surface area contributed by atoms with E-state index in [1.54, 1.807) is 0 Å². The highest BCUT2D eigenvalue weighted by atomic mass is 16.4. The predicted octanol–water partition coefficient (Wildman–Crippen LogP) is 5.47. The van der Waals surface area contributed by atoms with Gasteiger partial charge in [0.25, 0.3) is 0 Å². The van der Waals surface area contributed by atoms with Gasteiger partial charge in [-0.15, -0.1) is 0 Å². The van der Waals surface area contributed by atoms with Crippen molar-refractivity contribution >= 4 is 11.8 Å². The normalized spacial score (nSPS) is 47.8. The number of hydrogen-bond donors (Lipinski definition) is 1. The second-order valence-corrected chi connectivity index (χ2v) is 10.5. The Morgan fingerprint density at radius 2 is 1.81 bits per heavy atom. The SMILES string of the molecule is C[C@]12CCC3C(C(=O)C[C@@H]4CCCC[C@]34C)C1CCC2CCCC(=O)O. The predicted molar refractivity (Wildman–Crippen MR) is 102 cm³/mol. The van der Waals surface area contributed by atoms with E-state index in [1.165, 1.54) is 51.4 Å². The Labute approximate surface area is 158 Å². The van der Waals surface area contributed by atoms with Gasteiger partial charge >= 0.3 is 5.97 Å². The Morgan fingerprint density at radius 3 is 2.58 bits per heavy atom. The number of aliphatic carboxylic acids is 1. The summed E-state index contributed by atoms with van der Waals surface area (Å²) in [4.78, 5) is 24.1. The van der Waals surface area contributed by atoms with E-state index in [0.717, 1.165) is 19.3 Å². The first kappa shape index (κ1) is 18.5. The summed E-state index contributed by atoms with van der Waals surface area (Å²) >= 11 is 0. The van der Waals surface area contributed by atoms with E-state index in [0.29, 0.717) is 47.2 Å². The average molecular weight is 361 g/mol. The van der Waals surface area contributed by atoms with Gasteiger partial charge < -0.3 is 5.11 Å². The molecule has 4 aliphatic carbocycles. The van der Waals surface area contributed by atoms with Gasteiger partial charge in [-0.2, -0.15) is 0 Å². The Bertz CT molecular complexity index is 584. The number of fused-ring (bicyclic) bond motifs is 5. The minimum absolute atomic E-state index is 0.271. The molecule has 146 valence electrons. The molecule has 0 heterocycles. The number of carboxylic acids is 1. The largest absolute Gasteiger partial charge is 0.481 e. The highest BCUT2D eigenvalue weighted by Gasteiger charge is 2.61. The summed E-state index contributed by atoms with van der Waals surface area (Å²) in [7, 11) is 0. The van der Waals surface area contributed by atoms with Crippen molar-refractivity contribution < 1.29 is 14.7 Å². The lowest BCUT2D eigenvalue weighted by molar-refractivity contribution is -0.155. The van der Waals surface area contributed by atoms with Crippen LogP contribution in [0, 0.1) is 40.4 Å². The smallest absolute Gasteiger partial charge is 0.303 e. The Hall–Kier alpha value is -0.860. The van der Waals surface area contributed by atoms with E-state index < -0.39 is 5.97 Å². The van der Waals surface area contributed by atoms with Crippen LogP contribution in [0.2, 0.25) is 0 Å². The maximum atomic E-state index is 13.2. The zero-order chi connectivity index (χ0) is 18.5. The van der Waals surface area contributed by atoms with Crippen molar-refractivity contribution in [2.24, 2.45) is 40.4 Å². The summed E-state index contributed by atoms with van der Waals surface area (Å²) in [5.41, 5.74) is 0.673. The molecule has 4 rings (SSSR count). The highest BCUT2D eigenvalue weighted by molar-refractivity contribution is 5.83. The van der Waals surface area contributed by atoms with Crippen LogP contribution in [0.4, 0.5) is 0 Å². The monoisotopic (exact) mass is 360 g/mol. The molecule has 0 aromatic carbocycles. The van der Waals surface area contributed by atoms with Crippen LogP contribution in [-0.2, 0) is 9.59 Å². The van der Waals surface area contributed by atoms with Crippen LogP contribution < -0.4 is 0 Å². The van der Waals surface area contributed by atoms with Gasteiger partial charge in [0, 0.05) is 18.8 Å². The summed E-state index contributed by atoms with van der Waals surface area (Å²) in [6, 6.07) is 0. The molecule has 0 aromatic rings. The second-order valence-electron chi connectivity index (χ2n) is 10.5. The minimum Gasteiger partial charge on any atom is -0.481 e. The Morgan fingerprint density at radius 1 is 1.04 bits per heavy atom. The van der Waals surface area contributed by atoms with Crippen LogP contribution in [0.15, 0.2) is 0 Å². The quantitative estimate of drug-likeness (QED) is 0.723. The lowest BCUT2D eigenvalue weighted by Gasteiger charge is -2.59. The minimum atomic E-state index is -0.674. The number of ketones is 1. The van der Waals surface area contributed by atoms with Crippen molar-refractivity contribution in [1.82, 2.24) is 0 Å². The summed E-state index contributed by atoms with van der Waals surface area (Å²) in [5, 5.41) is 8.97. The summed E-state index contributed by atoms with van der Waals surface area (Å²) in [6.45, 7) is 4.96. The Kier molecular flexibility index (Phi) is 4.72. The molecule has 1 N–H and O–H groups in total. The number of hydrogen-bond acceptors (Lipinski definition) is 2.